The van der Waals surface area contributed by atoms with Crippen LogP contribution in [0.25, 0.3) is 23.3 Å². The molecule has 0 saturated heterocycles. The lowest BCUT2D eigenvalue weighted by atomic mass is 10.0. The molecule has 0 spiro atoms. The third-order valence-corrected chi connectivity index (χ3v) is 2.90. The second-order valence-electron chi connectivity index (χ2n) is 4.30. The minimum absolute atomic E-state index is 0.250. The van der Waals surface area contributed by atoms with Gasteiger partial charge in [0.05, 0.1) is 6.20 Å². The number of benzene rings is 2. The first-order valence-corrected chi connectivity index (χ1v) is 6.52. The Kier molecular flexibility index (Phi) is 5.55. The fraction of sp³-hybridized carbons (Fsp3) is 0. The Morgan fingerprint density at radius 2 is 1.50 bits per heavy atom. The van der Waals surface area contributed by atoms with Gasteiger partial charge in [-0.15, -0.1) is 0 Å². The van der Waals surface area contributed by atoms with Crippen LogP contribution in [0.1, 0.15) is 11.3 Å². The molecular formula is C17H13N3O2. The van der Waals surface area contributed by atoms with Crippen molar-refractivity contribution in [3.05, 3.63) is 72.1 Å². The number of nitrogens with one attached hydrogen (secondary N) is 1. The molecule has 0 fully saturated rings. The lowest BCUT2D eigenvalue weighted by Gasteiger charge is -2.01. The summed E-state index contributed by atoms with van der Waals surface area (Å²) in [5.41, 5.74) is 4.42. The largest absolute Gasteiger partial charge is 0.373 e. The van der Waals surface area contributed by atoms with E-state index in [9.17, 15) is 0 Å². The lowest BCUT2D eigenvalue weighted by molar-refractivity contribution is -0.191. The molecule has 3 rings (SSSR count). The van der Waals surface area contributed by atoms with Gasteiger partial charge >= 0.3 is 6.15 Å². The lowest BCUT2D eigenvalue weighted by Crippen LogP contribution is -1.78. The molecule has 0 bridgehead atoms. The van der Waals surface area contributed by atoms with Crippen LogP contribution < -0.4 is 0 Å². The predicted octanol–water partition coefficient (Wildman–Crippen LogP) is 3.06. The zero-order valence-corrected chi connectivity index (χ0v) is 11.6. The molecule has 0 amide bonds. The Morgan fingerprint density at radius 1 is 0.864 bits per heavy atom. The average molecular weight is 291 g/mol. The van der Waals surface area contributed by atoms with Crippen molar-refractivity contribution in [2.45, 2.75) is 0 Å². The number of hydrogen-bond donors (Lipinski definition) is 1. The van der Waals surface area contributed by atoms with Gasteiger partial charge in [-0.25, -0.2) is 0 Å². The fourth-order valence-electron chi connectivity index (χ4n) is 1.89. The molecule has 0 aliphatic carbocycles. The maximum absolute atomic E-state index is 8.12. The van der Waals surface area contributed by atoms with Gasteiger partial charge in [0.25, 0.3) is 0 Å². The van der Waals surface area contributed by atoms with E-state index in [1.54, 1.807) is 6.20 Å². The highest BCUT2D eigenvalue weighted by Gasteiger charge is 1.96. The number of aromatic amines is 1. The van der Waals surface area contributed by atoms with Gasteiger partial charge in [-0.2, -0.15) is 25.0 Å². The molecule has 0 saturated carbocycles. The second-order valence-corrected chi connectivity index (χ2v) is 4.30. The highest BCUT2D eigenvalue weighted by atomic mass is 16.2. The number of aromatic nitrogens is 3. The second kappa shape index (κ2) is 8.09. The number of nitrogens with zero attached hydrogens (tertiary/aromatic N) is 2. The maximum atomic E-state index is 8.12. The van der Waals surface area contributed by atoms with E-state index < -0.39 is 0 Å². The van der Waals surface area contributed by atoms with Crippen molar-refractivity contribution < 1.29 is 9.59 Å². The first-order chi connectivity index (χ1) is 10.8. The minimum Gasteiger partial charge on any atom is -0.197 e. The van der Waals surface area contributed by atoms with Crippen molar-refractivity contribution in [3.8, 4) is 11.1 Å². The fourth-order valence-corrected chi connectivity index (χ4v) is 1.89. The van der Waals surface area contributed by atoms with Crippen LogP contribution in [0.15, 0.2) is 60.8 Å². The van der Waals surface area contributed by atoms with Gasteiger partial charge in [-0.3, -0.25) is 0 Å². The van der Waals surface area contributed by atoms with E-state index in [-0.39, 0.29) is 6.15 Å². The first kappa shape index (κ1) is 15.1. The summed E-state index contributed by atoms with van der Waals surface area (Å²) in [6.07, 6.45) is 5.89. The quantitative estimate of drug-likeness (QED) is 0.804. The van der Waals surface area contributed by atoms with Gasteiger partial charge in [-0.05, 0) is 22.8 Å². The smallest absolute Gasteiger partial charge is 0.197 e. The summed E-state index contributed by atoms with van der Waals surface area (Å²) in [4.78, 5) is 16.2. The van der Waals surface area contributed by atoms with Crippen molar-refractivity contribution in [2.24, 2.45) is 0 Å². The van der Waals surface area contributed by atoms with E-state index in [0.717, 1.165) is 11.3 Å². The first-order valence-electron chi connectivity index (χ1n) is 6.52. The summed E-state index contributed by atoms with van der Waals surface area (Å²) in [5, 5.41) is 10.3. The van der Waals surface area contributed by atoms with Gasteiger partial charge in [0.2, 0.25) is 0 Å². The standard InChI is InChI=1S/C16H13N3.CO2/c1-2-4-14(5-3-1)15-9-6-13(7-10-15)8-11-16-12-17-19-18-16;2-1-3/h1-12H,(H,17,18,19);. The van der Waals surface area contributed by atoms with Crippen molar-refractivity contribution >= 4 is 18.3 Å². The Bertz CT molecular complexity index is 742. The van der Waals surface area contributed by atoms with Crippen LogP contribution in [0.4, 0.5) is 0 Å². The van der Waals surface area contributed by atoms with E-state index in [4.69, 9.17) is 9.59 Å². The monoisotopic (exact) mass is 291 g/mol. The number of rotatable bonds is 3. The molecule has 3 aromatic rings. The summed E-state index contributed by atoms with van der Waals surface area (Å²) in [5.74, 6) is 0. The average Bonchev–Trinajstić information content (AvgIpc) is 3.09. The van der Waals surface area contributed by atoms with Crippen LogP contribution in [0.3, 0.4) is 0 Å². The van der Waals surface area contributed by atoms with Gasteiger partial charge in [-0.1, -0.05) is 60.7 Å². The van der Waals surface area contributed by atoms with Crippen molar-refractivity contribution in [1.29, 1.82) is 0 Å². The molecule has 22 heavy (non-hydrogen) atoms. The Hall–Kier alpha value is -3.30. The third kappa shape index (κ3) is 4.37. The molecule has 1 heterocycles. The van der Waals surface area contributed by atoms with Crippen molar-refractivity contribution in [2.75, 3.05) is 0 Å². The molecule has 0 aliphatic rings. The molecule has 0 unspecified atom stereocenters. The Balaban J connectivity index is 0.000000545. The number of hydrogen-bond acceptors (Lipinski definition) is 4. The SMILES string of the molecule is C(=Cc1cn[nH]n1)c1ccc(-c2ccccc2)cc1.O=C=O. The van der Waals surface area contributed by atoms with E-state index in [1.165, 1.54) is 11.1 Å². The Labute approximate surface area is 127 Å². The molecule has 5 heteroatoms. The molecule has 0 atom stereocenters. The summed E-state index contributed by atoms with van der Waals surface area (Å²) in [6, 6.07) is 18.8. The molecule has 1 N–H and O–H groups in total. The zero-order valence-electron chi connectivity index (χ0n) is 11.6. The molecule has 0 aliphatic heterocycles. The van der Waals surface area contributed by atoms with Crippen LogP contribution in [0.5, 0.6) is 0 Å². The summed E-state index contributed by atoms with van der Waals surface area (Å²) in [7, 11) is 0. The van der Waals surface area contributed by atoms with Gasteiger partial charge in [0.15, 0.2) is 0 Å². The van der Waals surface area contributed by atoms with Crippen LogP contribution in [-0.4, -0.2) is 21.6 Å². The molecule has 2 aromatic carbocycles. The number of H-pyrrole nitrogens is 1. The molecule has 1 aromatic heterocycles. The maximum Gasteiger partial charge on any atom is 0.373 e. The van der Waals surface area contributed by atoms with E-state index in [0.29, 0.717) is 0 Å². The molecule has 0 radical (unpaired) electrons. The highest BCUT2D eigenvalue weighted by molar-refractivity contribution is 5.70. The topological polar surface area (TPSA) is 75.7 Å². The van der Waals surface area contributed by atoms with Gasteiger partial charge in [0, 0.05) is 0 Å². The Morgan fingerprint density at radius 3 is 2.09 bits per heavy atom. The van der Waals surface area contributed by atoms with Crippen molar-refractivity contribution in [3.63, 3.8) is 0 Å². The molecular weight excluding hydrogens is 278 g/mol. The molecule has 108 valence electrons. The normalized spacial score (nSPS) is 9.82. The van der Waals surface area contributed by atoms with E-state index >= 15 is 0 Å². The zero-order chi connectivity index (χ0) is 15.6. The van der Waals surface area contributed by atoms with Gasteiger partial charge in [0.1, 0.15) is 5.69 Å². The third-order valence-electron chi connectivity index (χ3n) is 2.90. The summed E-state index contributed by atoms with van der Waals surface area (Å²) < 4.78 is 0. The minimum atomic E-state index is 0.250. The van der Waals surface area contributed by atoms with Crippen molar-refractivity contribution in [1.82, 2.24) is 15.4 Å². The van der Waals surface area contributed by atoms with Gasteiger partial charge < -0.3 is 0 Å². The predicted molar refractivity (Wildman–Crippen MR) is 82.2 cm³/mol. The summed E-state index contributed by atoms with van der Waals surface area (Å²) >= 11 is 0. The molecule has 5 nitrogen and oxygen atoms in total. The van der Waals surface area contributed by atoms with Crippen LogP contribution >= 0.6 is 0 Å². The van der Waals surface area contributed by atoms with Crippen LogP contribution in [-0.2, 0) is 9.59 Å². The van der Waals surface area contributed by atoms with Crippen LogP contribution in [0.2, 0.25) is 0 Å². The van der Waals surface area contributed by atoms with E-state index in [2.05, 4.69) is 51.8 Å². The number of carbonyl (C=O) groups excluding carboxylic acids is 2. The van der Waals surface area contributed by atoms with E-state index in [1.807, 2.05) is 30.4 Å². The summed E-state index contributed by atoms with van der Waals surface area (Å²) in [6.45, 7) is 0. The van der Waals surface area contributed by atoms with Crippen LogP contribution in [0, 0.1) is 0 Å². The highest BCUT2D eigenvalue weighted by Crippen LogP contribution is 2.19.